The van der Waals surface area contributed by atoms with E-state index >= 15 is 0 Å². The molecule has 98 valence electrons. The first-order valence-corrected chi connectivity index (χ1v) is 4.86. The summed E-state index contributed by atoms with van der Waals surface area (Å²) in [5.74, 6) is 0. The van der Waals surface area contributed by atoms with Crippen molar-refractivity contribution in [2.45, 2.75) is 13.1 Å². The maximum absolute atomic E-state index is 12.4. The van der Waals surface area contributed by atoms with E-state index in [2.05, 4.69) is 5.10 Å². The van der Waals surface area contributed by atoms with Gasteiger partial charge in [-0.25, -0.2) is 4.68 Å². The monoisotopic (exact) mass is 277 g/mol. The number of rotatable bonds is 1. The van der Waals surface area contributed by atoms with Gasteiger partial charge in [0.05, 0.1) is 23.1 Å². The Kier molecular flexibility index (Phi) is 3.91. The predicted molar refractivity (Wildman–Crippen MR) is 65.0 cm³/mol. The lowest BCUT2D eigenvalue weighted by Crippen LogP contribution is -2.07. The third kappa shape index (κ3) is 2.76. The SMILES string of the molecule is Cc1cnn(-c2ccc(C(F)(F)F)cc2N)c1.Cl. The minimum atomic E-state index is -4.38. The number of nitrogen functional groups attached to an aromatic ring is 1. The van der Waals surface area contributed by atoms with Gasteiger partial charge in [-0.05, 0) is 30.7 Å². The van der Waals surface area contributed by atoms with Gasteiger partial charge in [-0.3, -0.25) is 0 Å². The van der Waals surface area contributed by atoms with E-state index < -0.39 is 11.7 Å². The van der Waals surface area contributed by atoms with Crippen LogP contribution in [0.15, 0.2) is 30.6 Å². The Balaban J connectivity index is 0.00000162. The Morgan fingerprint density at radius 3 is 2.39 bits per heavy atom. The number of alkyl halides is 3. The van der Waals surface area contributed by atoms with Crippen LogP contribution >= 0.6 is 12.4 Å². The largest absolute Gasteiger partial charge is 0.416 e. The van der Waals surface area contributed by atoms with Gasteiger partial charge in [-0.1, -0.05) is 0 Å². The van der Waals surface area contributed by atoms with Gasteiger partial charge in [0, 0.05) is 6.20 Å². The molecule has 1 aromatic heterocycles. The molecule has 1 heterocycles. The van der Waals surface area contributed by atoms with Crippen LogP contribution in [-0.2, 0) is 6.18 Å². The topological polar surface area (TPSA) is 43.8 Å². The summed E-state index contributed by atoms with van der Waals surface area (Å²) in [6.45, 7) is 1.84. The summed E-state index contributed by atoms with van der Waals surface area (Å²) in [4.78, 5) is 0. The quantitative estimate of drug-likeness (QED) is 0.814. The molecule has 2 rings (SSSR count). The van der Waals surface area contributed by atoms with Gasteiger partial charge in [0.15, 0.2) is 0 Å². The van der Waals surface area contributed by atoms with Crippen molar-refractivity contribution in [3.63, 3.8) is 0 Å². The highest BCUT2D eigenvalue weighted by atomic mass is 35.5. The van der Waals surface area contributed by atoms with E-state index in [1.807, 2.05) is 6.92 Å². The zero-order valence-corrected chi connectivity index (χ0v) is 10.2. The van der Waals surface area contributed by atoms with Crippen LogP contribution in [0.4, 0.5) is 18.9 Å². The lowest BCUT2D eigenvalue weighted by atomic mass is 10.1. The number of hydrogen-bond donors (Lipinski definition) is 1. The Bertz CT molecular complexity index is 549. The minimum Gasteiger partial charge on any atom is -0.397 e. The second-order valence-electron chi connectivity index (χ2n) is 3.73. The zero-order chi connectivity index (χ0) is 12.6. The molecule has 0 aliphatic heterocycles. The summed E-state index contributed by atoms with van der Waals surface area (Å²) in [7, 11) is 0. The lowest BCUT2D eigenvalue weighted by molar-refractivity contribution is -0.137. The maximum Gasteiger partial charge on any atom is 0.416 e. The highest BCUT2D eigenvalue weighted by Crippen LogP contribution is 2.32. The summed E-state index contributed by atoms with van der Waals surface area (Å²) < 4.78 is 38.7. The van der Waals surface area contributed by atoms with Crippen molar-refractivity contribution in [2.24, 2.45) is 0 Å². The predicted octanol–water partition coefficient (Wildman–Crippen LogP) is 3.20. The van der Waals surface area contributed by atoms with E-state index in [9.17, 15) is 13.2 Å². The Labute approximate surface area is 108 Å². The third-order valence-corrected chi connectivity index (χ3v) is 2.31. The molecule has 1 aromatic carbocycles. The first-order chi connectivity index (χ1) is 7.88. The van der Waals surface area contributed by atoms with E-state index in [0.717, 1.165) is 17.7 Å². The van der Waals surface area contributed by atoms with Crippen LogP contribution in [0.5, 0.6) is 0 Å². The van der Waals surface area contributed by atoms with Crippen molar-refractivity contribution in [3.8, 4) is 5.69 Å². The smallest absolute Gasteiger partial charge is 0.397 e. The summed E-state index contributed by atoms with van der Waals surface area (Å²) in [6.07, 6.45) is -1.08. The van der Waals surface area contributed by atoms with Gasteiger partial charge in [0.25, 0.3) is 0 Å². The van der Waals surface area contributed by atoms with Gasteiger partial charge < -0.3 is 5.73 Å². The second kappa shape index (κ2) is 4.89. The van der Waals surface area contributed by atoms with Crippen LogP contribution in [0.25, 0.3) is 5.69 Å². The van der Waals surface area contributed by atoms with Crippen molar-refractivity contribution in [2.75, 3.05) is 5.73 Å². The van der Waals surface area contributed by atoms with E-state index in [0.29, 0.717) is 5.69 Å². The van der Waals surface area contributed by atoms with Crippen LogP contribution in [0.3, 0.4) is 0 Å². The molecule has 18 heavy (non-hydrogen) atoms. The van der Waals surface area contributed by atoms with Gasteiger partial charge >= 0.3 is 6.18 Å². The molecule has 0 saturated heterocycles. The molecular weight excluding hydrogens is 267 g/mol. The number of benzene rings is 1. The fourth-order valence-electron chi connectivity index (χ4n) is 1.48. The summed E-state index contributed by atoms with van der Waals surface area (Å²) in [5.41, 5.74) is 6.22. The first kappa shape index (κ1) is 14.4. The van der Waals surface area contributed by atoms with E-state index in [1.165, 1.54) is 10.7 Å². The normalized spacial score (nSPS) is 11.1. The molecule has 0 unspecified atom stereocenters. The Morgan fingerprint density at radius 2 is 1.94 bits per heavy atom. The average Bonchev–Trinajstić information content (AvgIpc) is 2.63. The molecule has 3 nitrogen and oxygen atoms in total. The number of hydrogen-bond acceptors (Lipinski definition) is 2. The molecular formula is C11H11ClF3N3. The Hall–Kier alpha value is -1.69. The van der Waals surface area contributed by atoms with Crippen LogP contribution in [0.1, 0.15) is 11.1 Å². The van der Waals surface area contributed by atoms with Crippen LogP contribution < -0.4 is 5.73 Å². The van der Waals surface area contributed by atoms with Crippen molar-refractivity contribution in [1.29, 1.82) is 0 Å². The van der Waals surface area contributed by atoms with E-state index in [-0.39, 0.29) is 18.1 Å². The summed E-state index contributed by atoms with van der Waals surface area (Å²) in [6, 6.07) is 3.21. The highest BCUT2D eigenvalue weighted by molar-refractivity contribution is 5.85. The number of nitrogens with zero attached hydrogens (tertiary/aromatic N) is 2. The average molecular weight is 278 g/mol. The fourth-order valence-corrected chi connectivity index (χ4v) is 1.48. The summed E-state index contributed by atoms with van der Waals surface area (Å²) in [5, 5.41) is 3.99. The number of aromatic nitrogens is 2. The van der Waals surface area contributed by atoms with E-state index in [4.69, 9.17) is 5.73 Å². The minimum absolute atomic E-state index is 0. The molecule has 2 aromatic rings. The van der Waals surface area contributed by atoms with Crippen molar-refractivity contribution < 1.29 is 13.2 Å². The standard InChI is InChI=1S/C11H10F3N3.ClH/c1-7-5-16-17(6-7)10-3-2-8(4-9(10)15)11(12,13)14;/h2-6H,15H2,1H3;1H. The van der Waals surface area contributed by atoms with Gasteiger partial charge in [0.1, 0.15) is 0 Å². The van der Waals surface area contributed by atoms with Crippen LogP contribution in [0.2, 0.25) is 0 Å². The highest BCUT2D eigenvalue weighted by Gasteiger charge is 2.30. The molecule has 0 atom stereocenters. The second-order valence-corrected chi connectivity index (χ2v) is 3.73. The molecule has 0 radical (unpaired) electrons. The molecule has 7 heteroatoms. The molecule has 0 spiro atoms. The third-order valence-electron chi connectivity index (χ3n) is 2.31. The number of anilines is 1. The number of nitrogens with two attached hydrogens (primary N) is 1. The molecule has 0 aliphatic rings. The fraction of sp³-hybridized carbons (Fsp3) is 0.182. The van der Waals surface area contributed by atoms with Crippen LogP contribution in [-0.4, -0.2) is 9.78 Å². The Morgan fingerprint density at radius 1 is 1.28 bits per heavy atom. The molecule has 0 bridgehead atoms. The number of aryl methyl sites for hydroxylation is 1. The zero-order valence-electron chi connectivity index (χ0n) is 9.40. The molecule has 2 N–H and O–H groups in total. The molecule has 0 fully saturated rings. The summed E-state index contributed by atoms with van der Waals surface area (Å²) >= 11 is 0. The van der Waals surface area contributed by atoms with Crippen molar-refractivity contribution in [1.82, 2.24) is 9.78 Å². The van der Waals surface area contributed by atoms with Gasteiger partial charge in [0.2, 0.25) is 0 Å². The number of halogens is 4. The molecule has 0 amide bonds. The van der Waals surface area contributed by atoms with Crippen LogP contribution in [0, 0.1) is 6.92 Å². The van der Waals surface area contributed by atoms with Gasteiger partial charge in [-0.2, -0.15) is 18.3 Å². The van der Waals surface area contributed by atoms with Crippen molar-refractivity contribution >= 4 is 18.1 Å². The first-order valence-electron chi connectivity index (χ1n) is 4.86. The van der Waals surface area contributed by atoms with Crippen molar-refractivity contribution in [3.05, 3.63) is 41.7 Å². The maximum atomic E-state index is 12.4. The molecule has 0 saturated carbocycles. The van der Waals surface area contributed by atoms with E-state index in [1.54, 1.807) is 12.4 Å². The lowest BCUT2D eigenvalue weighted by Gasteiger charge is -2.10. The molecule has 0 aliphatic carbocycles. The van der Waals surface area contributed by atoms with Gasteiger partial charge in [-0.15, -0.1) is 12.4 Å².